The molecule has 0 radical (unpaired) electrons. The van der Waals surface area contributed by atoms with E-state index in [9.17, 15) is 9.59 Å². The molecule has 1 heterocycles. The van der Waals surface area contributed by atoms with Crippen molar-refractivity contribution >= 4 is 24.3 Å². The Labute approximate surface area is 140 Å². The molecule has 0 saturated carbocycles. The minimum absolute atomic E-state index is 0. The number of amides is 3. The summed E-state index contributed by atoms with van der Waals surface area (Å²) in [6, 6.07) is -0.420. The van der Waals surface area contributed by atoms with Crippen molar-refractivity contribution < 1.29 is 9.59 Å². The van der Waals surface area contributed by atoms with E-state index >= 15 is 0 Å². The molecular formula is C15H31ClN4O2. The first-order chi connectivity index (χ1) is 9.80. The molecule has 3 N–H and O–H groups in total. The minimum atomic E-state index is -0.420. The van der Waals surface area contributed by atoms with E-state index in [-0.39, 0.29) is 23.9 Å². The van der Waals surface area contributed by atoms with Gasteiger partial charge >= 0.3 is 6.03 Å². The van der Waals surface area contributed by atoms with E-state index < -0.39 is 6.03 Å². The van der Waals surface area contributed by atoms with Crippen LogP contribution < -0.4 is 16.0 Å². The van der Waals surface area contributed by atoms with Gasteiger partial charge in [-0.1, -0.05) is 0 Å². The van der Waals surface area contributed by atoms with Gasteiger partial charge in [0.1, 0.15) is 0 Å². The van der Waals surface area contributed by atoms with Gasteiger partial charge in [0.05, 0.1) is 6.54 Å². The van der Waals surface area contributed by atoms with Crippen LogP contribution >= 0.6 is 12.4 Å². The second kappa shape index (κ2) is 10.0. The summed E-state index contributed by atoms with van der Waals surface area (Å²) in [7, 11) is 1.97. The molecule has 1 aliphatic rings. The summed E-state index contributed by atoms with van der Waals surface area (Å²) in [6.45, 7) is 8.87. The van der Waals surface area contributed by atoms with Gasteiger partial charge in [-0.05, 0) is 72.6 Å². The maximum absolute atomic E-state index is 11.8. The molecule has 0 unspecified atom stereocenters. The number of hydrogen-bond donors (Lipinski definition) is 3. The van der Waals surface area contributed by atoms with Crippen molar-refractivity contribution in [2.45, 2.75) is 45.6 Å². The summed E-state index contributed by atoms with van der Waals surface area (Å²) < 4.78 is 0. The molecule has 1 rings (SSSR count). The molecule has 0 aliphatic carbocycles. The Balaban J connectivity index is 0.00000441. The zero-order chi connectivity index (χ0) is 15.9. The lowest BCUT2D eigenvalue weighted by molar-refractivity contribution is -0.121. The highest BCUT2D eigenvalue weighted by molar-refractivity contribution is 5.95. The number of imide groups is 1. The third kappa shape index (κ3) is 9.23. The zero-order valence-electron chi connectivity index (χ0n) is 14.2. The lowest BCUT2D eigenvalue weighted by Gasteiger charge is -2.31. The van der Waals surface area contributed by atoms with Crippen molar-refractivity contribution in [3.63, 3.8) is 0 Å². The Bertz CT molecular complexity index is 350. The molecule has 0 aromatic rings. The SMILES string of the molecule is CNCCC1CCN(CC(=O)NC(=O)NC(C)(C)C)CC1.Cl. The highest BCUT2D eigenvalue weighted by atomic mass is 35.5. The molecule has 0 atom stereocenters. The second-order valence-electron chi connectivity index (χ2n) is 6.86. The normalized spacial score (nSPS) is 16.7. The summed E-state index contributed by atoms with van der Waals surface area (Å²) in [5.41, 5.74) is -0.337. The molecule has 3 amide bonds. The predicted octanol–water partition coefficient (Wildman–Crippen LogP) is 1.35. The van der Waals surface area contributed by atoms with E-state index in [2.05, 4.69) is 20.9 Å². The topological polar surface area (TPSA) is 73.5 Å². The van der Waals surface area contributed by atoms with Crippen LogP contribution in [0.5, 0.6) is 0 Å². The monoisotopic (exact) mass is 334 g/mol. The van der Waals surface area contributed by atoms with Gasteiger partial charge in [-0.3, -0.25) is 15.0 Å². The number of piperidine rings is 1. The minimum Gasteiger partial charge on any atom is -0.333 e. The first kappa shape index (κ1) is 21.1. The van der Waals surface area contributed by atoms with Crippen LogP contribution in [0, 0.1) is 5.92 Å². The summed E-state index contributed by atoms with van der Waals surface area (Å²) in [4.78, 5) is 25.6. The number of urea groups is 1. The van der Waals surface area contributed by atoms with E-state index in [0.717, 1.165) is 38.4 Å². The van der Waals surface area contributed by atoms with Crippen molar-refractivity contribution in [1.82, 2.24) is 20.9 Å². The molecule has 22 heavy (non-hydrogen) atoms. The van der Waals surface area contributed by atoms with Gasteiger partial charge in [-0.25, -0.2) is 4.79 Å². The standard InChI is InChI=1S/C15H30N4O2.ClH/c1-15(2,3)18-14(21)17-13(20)11-19-9-6-12(7-10-19)5-8-16-4;/h12,16H,5-11H2,1-4H3,(H2,17,18,20,21);1H. The number of nitrogens with one attached hydrogen (secondary N) is 3. The van der Waals surface area contributed by atoms with Crippen molar-refractivity contribution in [2.24, 2.45) is 5.92 Å². The molecule has 1 aliphatic heterocycles. The van der Waals surface area contributed by atoms with Gasteiger partial charge in [0, 0.05) is 5.54 Å². The van der Waals surface area contributed by atoms with Crippen LogP contribution in [0.4, 0.5) is 4.79 Å². The molecular weight excluding hydrogens is 304 g/mol. The van der Waals surface area contributed by atoms with Gasteiger partial charge in [-0.15, -0.1) is 12.4 Å². The molecule has 0 aromatic carbocycles. The van der Waals surface area contributed by atoms with Gasteiger partial charge in [0.2, 0.25) is 5.91 Å². The Morgan fingerprint density at radius 3 is 2.27 bits per heavy atom. The van der Waals surface area contributed by atoms with E-state index in [4.69, 9.17) is 0 Å². The zero-order valence-corrected chi connectivity index (χ0v) is 15.0. The molecule has 0 aromatic heterocycles. The fourth-order valence-electron chi connectivity index (χ4n) is 2.52. The number of rotatable bonds is 5. The number of likely N-dealkylation sites (tertiary alicyclic amines) is 1. The van der Waals surface area contributed by atoms with Crippen molar-refractivity contribution in [1.29, 1.82) is 0 Å². The van der Waals surface area contributed by atoms with Gasteiger partial charge in [-0.2, -0.15) is 0 Å². The van der Waals surface area contributed by atoms with Crippen molar-refractivity contribution in [2.75, 3.05) is 33.2 Å². The fraction of sp³-hybridized carbons (Fsp3) is 0.867. The molecule has 7 heteroatoms. The summed E-state index contributed by atoms with van der Waals surface area (Å²) in [6.07, 6.45) is 3.46. The third-order valence-electron chi connectivity index (χ3n) is 3.62. The largest absolute Gasteiger partial charge is 0.333 e. The van der Waals surface area contributed by atoms with Crippen molar-refractivity contribution in [3.8, 4) is 0 Å². The second-order valence-corrected chi connectivity index (χ2v) is 6.86. The third-order valence-corrected chi connectivity index (χ3v) is 3.62. The highest BCUT2D eigenvalue weighted by Gasteiger charge is 2.22. The highest BCUT2D eigenvalue weighted by Crippen LogP contribution is 2.19. The Kier molecular flexibility index (Phi) is 9.64. The molecule has 6 nitrogen and oxygen atoms in total. The smallest absolute Gasteiger partial charge is 0.321 e. The molecule has 0 spiro atoms. The molecule has 1 saturated heterocycles. The number of carbonyl (C=O) groups is 2. The first-order valence-electron chi connectivity index (χ1n) is 7.79. The Hall–Kier alpha value is -0.850. The van der Waals surface area contributed by atoms with Crippen LogP contribution in [0.15, 0.2) is 0 Å². The van der Waals surface area contributed by atoms with E-state index in [1.165, 1.54) is 6.42 Å². The number of carbonyl (C=O) groups excluding carboxylic acids is 2. The maximum Gasteiger partial charge on any atom is 0.321 e. The lowest BCUT2D eigenvalue weighted by Crippen LogP contribution is -2.51. The van der Waals surface area contributed by atoms with E-state index in [1.807, 2.05) is 27.8 Å². The average molecular weight is 335 g/mol. The quantitative estimate of drug-likeness (QED) is 0.709. The Morgan fingerprint density at radius 2 is 1.77 bits per heavy atom. The van der Waals surface area contributed by atoms with E-state index in [0.29, 0.717) is 6.54 Å². The number of hydrogen-bond acceptors (Lipinski definition) is 4. The van der Waals surface area contributed by atoms with Gasteiger partial charge < -0.3 is 10.6 Å². The van der Waals surface area contributed by atoms with Crippen LogP contribution in [0.25, 0.3) is 0 Å². The van der Waals surface area contributed by atoms with Crippen LogP contribution in [0.1, 0.15) is 40.0 Å². The van der Waals surface area contributed by atoms with Gasteiger partial charge in [0.25, 0.3) is 0 Å². The number of nitrogens with zero attached hydrogens (tertiary/aromatic N) is 1. The Morgan fingerprint density at radius 1 is 1.18 bits per heavy atom. The van der Waals surface area contributed by atoms with Crippen molar-refractivity contribution in [3.05, 3.63) is 0 Å². The fourth-order valence-corrected chi connectivity index (χ4v) is 2.52. The molecule has 0 bridgehead atoms. The van der Waals surface area contributed by atoms with Crippen LogP contribution in [-0.2, 0) is 4.79 Å². The maximum atomic E-state index is 11.8. The van der Waals surface area contributed by atoms with E-state index in [1.54, 1.807) is 0 Å². The molecule has 130 valence electrons. The predicted molar refractivity (Wildman–Crippen MR) is 91.4 cm³/mol. The molecule has 1 fully saturated rings. The summed E-state index contributed by atoms with van der Waals surface area (Å²) in [5, 5.41) is 8.29. The van der Waals surface area contributed by atoms with Crippen LogP contribution in [0.2, 0.25) is 0 Å². The average Bonchev–Trinajstić information content (AvgIpc) is 2.35. The lowest BCUT2D eigenvalue weighted by atomic mass is 9.93. The number of halogens is 1. The van der Waals surface area contributed by atoms with Crippen LogP contribution in [-0.4, -0.2) is 55.6 Å². The summed E-state index contributed by atoms with van der Waals surface area (Å²) >= 11 is 0. The first-order valence-corrected chi connectivity index (χ1v) is 7.79. The van der Waals surface area contributed by atoms with Gasteiger partial charge in [0.15, 0.2) is 0 Å². The van der Waals surface area contributed by atoms with Crippen LogP contribution in [0.3, 0.4) is 0 Å². The summed E-state index contributed by atoms with van der Waals surface area (Å²) in [5.74, 6) is 0.520.